The first-order valence-corrected chi connectivity index (χ1v) is 7.10. The SMILES string of the molecule is O=S(=O)(Cc1ccccc1I)NCCO. The average molecular weight is 341 g/mol. The zero-order valence-electron chi connectivity index (χ0n) is 7.98. The van der Waals surface area contributed by atoms with Gasteiger partial charge in [-0.15, -0.1) is 0 Å². The quantitative estimate of drug-likeness (QED) is 0.775. The lowest BCUT2D eigenvalue weighted by molar-refractivity contribution is 0.301. The zero-order valence-corrected chi connectivity index (χ0v) is 11.0. The summed E-state index contributed by atoms with van der Waals surface area (Å²) in [4.78, 5) is 0. The number of aliphatic hydroxyl groups is 1. The van der Waals surface area contributed by atoms with E-state index in [9.17, 15) is 8.42 Å². The second kappa shape index (κ2) is 5.78. The fourth-order valence-corrected chi connectivity index (χ4v) is 3.07. The Labute approximate surface area is 103 Å². The van der Waals surface area contributed by atoms with Crippen LogP contribution < -0.4 is 4.72 Å². The third-order valence-electron chi connectivity index (χ3n) is 1.74. The Bertz CT molecular complexity index is 419. The van der Waals surface area contributed by atoms with Crippen molar-refractivity contribution < 1.29 is 13.5 Å². The monoisotopic (exact) mass is 341 g/mol. The molecule has 0 radical (unpaired) electrons. The highest BCUT2D eigenvalue weighted by atomic mass is 127. The lowest BCUT2D eigenvalue weighted by Gasteiger charge is -2.06. The summed E-state index contributed by atoms with van der Waals surface area (Å²) in [6, 6.07) is 7.30. The molecule has 0 heterocycles. The molecule has 6 heteroatoms. The van der Waals surface area contributed by atoms with Crippen molar-refractivity contribution in [1.82, 2.24) is 4.72 Å². The van der Waals surface area contributed by atoms with Crippen LogP contribution in [0.3, 0.4) is 0 Å². The molecule has 2 N–H and O–H groups in total. The number of aliphatic hydroxyl groups excluding tert-OH is 1. The number of halogens is 1. The molecule has 0 aliphatic rings. The van der Waals surface area contributed by atoms with Gasteiger partial charge in [-0.1, -0.05) is 18.2 Å². The molecule has 0 bridgehead atoms. The van der Waals surface area contributed by atoms with Gasteiger partial charge < -0.3 is 5.11 Å². The average Bonchev–Trinajstić information content (AvgIpc) is 2.18. The number of sulfonamides is 1. The van der Waals surface area contributed by atoms with E-state index < -0.39 is 10.0 Å². The highest BCUT2D eigenvalue weighted by molar-refractivity contribution is 14.1. The fourth-order valence-electron chi connectivity index (χ4n) is 1.07. The van der Waals surface area contributed by atoms with Crippen molar-refractivity contribution in [1.29, 1.82) is 0 Å². The van der Waals surface area contributed by atoms with Crippen LogP contribution in [0.25, 0.3) is 0 Å². The van der Waals surface area contributed by atoms with Crippen LogP contribution in [0.1, 0.15) is 5.56 Å². The van der Waals surface area contributed by atoms with Gasteiger partial charge in [-0.2, -0.15) is 0 Å². The predicted molar refractivity (Wildman–Crippen MR) is 66.9 cm³/mol. The van der Waals surface area contributed by atoms with Crippen molar-refractivity contribution >= 4 is 32.6 Å². The summed E-state index contributed by atoms with van der Waals surface area (Å²) in [5, 5.41) is 8.52. The number of nitrogens with one attached hydrogen (secondary N) is 1. The van der Waals surface area contributed by atoms with Gasteiger partial charge in [0.15, 0.2) is 0 Å². The van der Waals surface area contributed by atoms with Crippen LogP contribution in [0.4, 0.5) is 0 Å². The first-order chi connectivity index (χ1) is 7.05. The van der Waals surface area contributed by atoms with Crippen molar-refractivity contribution in [3.63, 3.8) is 0 Å². The molecule has 84 valence electrons. The summed E-state index contributed by atoms with van der Waals surface area (Å²) in [6.07, 6.45) is 0. The molecule has 15 heavy (non-hydrogen) atoms. The highest BCUT2D eigenvalue weighted by Gasteiger charge is 2.12. The molecule has 0 unspecified atom stereocenters. The van der Waals surface area contributed by atoms with E-state index in [-0.39, 0.29) is 18.9 Å². The number of rotatable bonds is 5. The highest BCUT2D eigenvalue weighted by Crippen LogP contribution is 2.13. The van der Waals surface area contributed by atoms with Gasteiger partial charge in [0.2, 0.25) is 10.0 Å². The molecule has 0 aliphatic heterocycles. The van der Waals surface area contributed by atoms with E-state index in [1.807, 2.05) is 12.1 Å². The molecule has 4 nitrogen and oxygen atoms in total. The minimum atomic E-state index is -3.33. The summed E-state index contributed by atoms with van der Waals surface area (Å²) in [5.74, 6) is -0.0495. The maximum Gasteiger partial charge on any atom is 0.215 e. The van der Waals surface area contributed by atoms with Crippen molar-refractivity contribution in [2.24, 2.45) is 0 Å². The smallest absolute Gasteiger partial charge is 0.215 e. The summed E-state index contributed by atoms with van der Waals surface area (Å²) in [6.45, 7) is -0.128. The van der Waals surface area contributed by atoms with Crippen LogP contribution in [0.2, 0.25) is 0 Å². The van der Waals surface area contributed by atoms with Gasteiger partial charge in [0.25, 0.3) is 0 Å². The van der Waals surface area contributed by atoms with E-state index >= 15 is 0 Å². The van der Waals surface area contributed by atoms with Crippen LogP contribution >= 0.6 is 22.6 Å². The maximum absolute atomic E-state index is 11.5. The van der Waals surface area contributed by atoms with Crippen LogP contribution in [0.5, 0.6) is 0 Å². The largest absolute Gasteiger partial charge is 0.395 e. The Hall–Kier alpha value is -0.180. The predicted octanol–water partition coefficient (Wildman–Crippen LogP) is 0.703. The topological polar surface area (TPSA) is 66.4 Å². The maximum atomic E-state index is 11.5. The summed E-state index contributed by atoms with van der Waals surface area (Å²) in [5.41, 5.74) is 0.767. The lowest BCUT2D eigenvalue weighted by Crippen LogP contribution is -2.28. The van der Waals surface area contributed by atoms with Gasteiger partial charge >= 0.3 is 0 Å². The van der Waals surface area contributed by atoms with Gasteiger partial charge in [-0.3, -0.25) is 0 Å². The third-order valence-corrected chi connectivity index (χ3v) is 4.12. The second-order valence-corrected chi connectivity index (χ2v) is 5.94. The second-order valence-electron chi connectivity index (χ2n) is 2.97. The van der Waals surface area contributed by atoms with Gasteiger partial charge in [-0.25, -0.2) is 13.1 Å². The molecule has 0 saturated carbocycles. The van der Waals surface area contributed by atoms with Crippen molar-refractivity contribution in [2.45, 2.75) is 5.75 Å². The Morgan fingerprint density at radius 3 is 2.60 bits per heavy atom. The molecular formula is C9H12INO3S. The molecule has 1 rings (SSSR count). The Kier molecular flexibility index (Phi) is 4.97. The molecule has 1 aromatic carbocycles. The molecule has 0 fully saturated rings. The molecular weight excluding hydrogens is 329 g/mol. The third kappa shape index (κ3) is 4.45. The van der Waals surface area contributed by atoms with Crippen LogP contribution in [-0.4, -0.2) is 26.7 Å². The van der Waals surface area contributed by atoms with E-state index in [0.29, 0.717) is 0 Å². The summed E-state index contributed by atoms with van der Waals surface area (Å²) in [7, 11) is -3.33. The van der Waals surface area contributed by atoms with E-state index in [1.165, 1.54) is 0 Å². The first-order valence-electron chi connectivity index (χ1n) is 4.37. The molecule has 0 amide bonds. The number of hydrogen-bond donors (Lipinski definition) is 2. The van der Waals surface area contributed by atoms with Gasteiger partial charge in [0.05, 0.1) is 12.4 Å². The minimum Gasteiger partial charge on any atom is -0.395 e. The van der Waals surface area contributed by atoms with Gasteiger partial charge in [0, 0.05) is 10.1 Å². The molecule has 0 aliphatic carbocycles. The number of benzene rings is 1. The van der Waals surface area contributed by atoms with Crippen molar-refractivity contribution in [2.75, 3.05) is 13.2 Å². The molecule has 0 saturated heterocycles. The molecule has 0 atom stereocenters. The van der Waals surface area contributed by atoms with Gasteiger partial charge in [0.1, 0.15) is 0 Å². The minimum absolute atomic E-state index is 0.0495. The fraction of sp³-hybridized carbons (Fsp3) is 0.333. The van der Waals surface area contributed by atoms with Gasteiger partial charge in [-0.05, 0) is 34.2 Å². The standard InChI is InChI=1S/C9H12INO3S/c10-9-4-2-1-3-8(9)7-15(13,14)11-5-6-12/h1-4,11-12H,5-7H2. The molecule has 0 aromatic heterocycles. The van der Waals surface area contributed by atoms with E-state index in [2.05, 4.69) is 27.3 Å². The summed E-state index contributed by atoms with van der Waals surface area (Å²) < 4.78 is 26.2. The van der Waals surface area contributed by atoms with E-state index in [0.717, 1.165) is 9.13 Å². The number of hydrogen-bond acceptors (Lipinski definition) is 3. The van der Waals surface area contributed by atoms with E-state index in [4.69, 9.17) is 5.11 Å². The van der Waals surface area contributed by atoms with Crippen molar-refractivity contribution in [3.8, 4) is 0 Å². The van der Waals surface area contributed by atoms with Crippen LogP contribution in [-0.2, 0) is 15.8 Å². The Morgan fingerprint density at radius 1 is 1.33 bits per heavy atom. The van der Waals surface area contributed by atoms with Crippen molar-refractivity contribution in [3.05, 3.63) is 33.4 Å². The zero-order chi connectivity index (χ0) is 11.3. The van der Waals surface area contributed by atoms with E-state index in [1.54, 1.807) is 12.1 Å². The van der Waals surface area contributed by atoms with Crippen LogP contribution in [0, 0.1) is 3.57 Å². The van der Waals surface area contributed by atoms with Crippen LogP contribution in [0.15, 0.2) is 24.3 Å². The Balaban J connectivity index is 2.74. The lowest BCUT2D eigenvalue weighted by atomic mass is 10.2. The Morgan fingerprint density at radius 2 is 2.00 bits per heavy atom. The normalized spacial score (nSPS) is 11.6. The summed E-state index contributed by atoms with van der Waals surface area (Å²) >= 11 is 2.10. The molecule has 1 aromatic rings. The molecule has 0 spiro atoms. The first kappa shape index (κ1) is 12.9.